The number of fused-ring (bicyclic) bond motifs is 4. The second-order valence-electron chi connectivity index (χ2n) is 11.2. The van der Waals surface area contributed by atoms with E-state index in [2.05, 4.69) is 42.2 Å². The zero-order chi connectivity index (χ0) is 30.1. The summed E-state index contributed by atoms with van der Waals surface area (Å²) in [4.78, 5) is 36.8. The van der Waals surface area contributed by atoms with E-state index in [0.717, 1.165) is 0 Å². The number of ether oxygens (including phenoxy) is 1. The maximum absolute atomic E-state index is 13.4. The topological polar surface area (TPSA) is 213 Å². The molecule has 16 nitrogen and oxygen atoms in total. The van der Waals surface area contributed by atoms with E-state index in [-0.39, 0.29) is 67.3 Å². The molecule has 0 bridgehead atoms. The van der Waals surface area contributed by atoms with Crippen molar-refractivity contribution in [3.05, 3.63) is 25.3 Å². The lowest BCUT2D eigenvalue weighted by molar-refractivity contribution is -0.0322. The van der Waals surface area contributed by atoms with Gasteiger partial charge in [-0.3, -0.25) is 9.09 Å². The molecule has 20 heteroatoms. The third-order valence-electron chi connectivity index (χ3n) is 8.73. The average molecular weight is 669 g/mol. The molecule has 3 fully saturated rings. The molecule has 4 aromatic rings. The fourth-order valence-corrected chi connectivity index (χ4v) is 9.84. The standard InChI is InChI=1S/C23H30N10O6P2S2/c1-11-14-6-40(34,42)36-3-12-2-15(32-9-30-17-19(24)26-7-28-21(17)32)13(12)4-37-41(35,43)38-5-16(14)39-23(11)33-10-31-18-20(25)27-8-29-22(18)33/h7-16,23H,2-6H2,1H3,(H,34,42)(H,35,43)(H2,24,26,28)(H2,25,27,29)/t11-,12-,13-,14+,15-,16-,23-,40?,41?/m1/s1. The van der Waals surface area contributed by atoms with E-state index in [1.54, 1.807) is 17.2 Å². The third-order valence-corrected chi connectivity index (χ3v) is 12.6. The fourth-order valence-electron chi connectivity index (χ4n) is 6.34. The highest BCUT2D eigenvalue weighted by Gasteiger charge is 2.49. The molecule has 2 aliphatic heterocycles. The number of thiol groups is 1. The first-order valence-electron chi connectivity index (χ1n) is 13.6. The lowest BCUT2D eigenvalue weighted by atomic mass is 9.70. The summed E-state index contributed by atoms with van der Waals surface area (Å²) in [6.45, 7) is -4.93. The van der Waals surface area contributed by atoms with Crippen molar-refractivity contribution >= 4 is 71.3 Å². The molecule has 1 aliphatic carbocycles. The van der Waals surface area contributed by atoms with Crippen molar-refractivity contribution in [3.63, 3.8) is 0 Å². The van der Waals surface area contributed by atoms with E-state index in [4.69, 9.17) is 41.6 Å². The number of nitrogen functional groups attached to an aromatic ring is 2. The van der Waals surface area contributed by atoms with Gasteiger partial charge in [-0.25, -0.2) is 34.5 Å². The smallest absolute Gasteiger partial charge is 0.382 e. The summed E-state index contributed by atoms with van der Waals surface area (Å²) in [5, 5.41) is 0. The minimum absolute atomic E-state index is 0.0477. The molecule has 230 valence electrons. The molecule has 6 heterocycles. The first kappa shape index (κ1) is 29.4. The van der Waals surface area contributed by atoms with Gasteiger partial charge < -0.3 is 34.7 Å². The van der Waals surface area contributed by atoms with Crippen LogP contribution in [0.15, 0.2) is 25.3 Å². The van der Waals surface area contributed by atoms with E-state index in [9.17, 15) is 9.46 Å². The summed E-state index contributed by atoms with van der Waals surface area (Å²) in [5.74, 6) is -0.173. The second kappa shape index (κ2) is 11.0. The molecule has 0 radical (unpaired) electrons. The van der Waals surface area contributed by atoms with E-state index in [1.165, 1.54) is 12.7 Å². The summed E-state index contributed by atoms with van der Waals surface area (Å²) in [7, 11) is 0. The molecular formula is C23H30N10O6P2S2. The highest BCUT2D eigenvalue weighted by atomic mass is 32.7. The molecule has 5 N–H and O–H groups in total. The summed E-state index contributed by atoms with van der Waals surface area (Å²) in [5.41, 5.74) is 14.0. The van der Waals surface area contributed by atoms with E-state index in [1.807, 2.05) is 11.5 Å². The van der Waals surface area contributed by atoms with E-state index >= 15 is 0 Å². The van der Waals surface area contributed by atoms with Crippen LogP contribution in [0.1, 0.15) is 25.6 Å². The Balaban J connectivity index is 1.14. The van der Waals surface area contributed by atoms with Crippen LogP contribution in [0.25, 0.3) is 22.3 Å². The Morgan fingerprint density at radius 3 is 2.26 bits per heavy atom. The molecule has 0 aromatic carbocycles. The third kappa shape index (κ3) is 5.36. The monoisotopic (exact) mass is 668 g/mol. The highest BCUT2D eigenvalue weighted by Crippen LogP contribution is 2.59. The number of anilines is 2. The van der Waals surface area contributed by atoms with Crippen LogP contribution < -0.4 is 11.5 Å². The maximum atomic E-state index is 13.4. The van der Waals surface area contributed by atoms with Crippen LogP contribution in [0.3, 0.4) is 0 Å². The first-order chi connectivity index (χ1) is 20.5. The van der Waals surface area contributed by atoms with Crippen LogP contribution in [0.4, 0.5) is 11.6 Å². The van der Waals surface area contributed by atoms with Crippen molar-refractivity contribution in [2.45, 2.75) is 31.7 Å². The number of rotatable bonds is 2. The Morgan fingerprint density at radius 1 is 0.930 bits per heavy atom. The Hall–Kier alpha value is -2.27. The van der Waals surface area contributed by atoms with Crippen molar-refractivity contribution < 1.29 is 27.8 Å². The molecule has 4 aromatic heterocycles. The van der Waals surface area contributed by atoms with E-state index < -0.39 is 25.6 Å². The van der Waals surface area contributed by atoms with Crippen LogP contribution in [-0.2, 0) is 34.7 Å². The second-order valence-corrected chi connectivity index (χ2v) is 17.7. The molecule has 9 atom stereocenters. The zero-order valence-corrected chi connectivity index (χ0v) is 26.4. The van der Waals surface area contributed by atoms with Crippen molar-refractivity contribution in [1.82, 2.24) is 39.0 Å². The Labute approximate surface area is 255 Å². The van der Waals surface area contributed by atoms with Crippen molar-refractivity contribution in [2.75, 3.05) is 37.4 Å². The van der Waals surface area contributed by atoms with Gasteiger partial charge in [0.1, 0.15) is 29.9 Å². The number of imidazole rings is 2. The number of aromatic nitrogens is 8. The molecule has 2 unspecified atom stereocenters. The lowest BCUT2D eigenvalue weighted by Gasteiger charge is -2.45. The largest absolute Gasteiger partial charge is 0.386 e. The van der Waals surface area contributed by atoms with Crippen molar-refractivity contribution in [2.24, 2.45) is 23.7 Å². The molecule has 3 aliphatic rings. The molecule has 0 spiro atoms. The average Bonchev–Trinajstić information content (AvgIpc) is 3.64. The number of hydrogen-bond acceptors (Lipinski definition) is 14. The van der Waals surface area contributed by atoms with Gasteiger partial charge >= 0.3 is 6.80 Å². The summed E-state index contributed by atoms with van der Waals surface area (Å²) in [6.07, 6.45) is 5.68. The minimum atomic E-state index is -3.80. The maximum Gasteiger partial charge on any atom is 0.386 e. The van der Waals surface area contributed by atoms with E-state index in [0.29, 0.717) is 28.7 Å². The molecule has 43 heavy (non-hydrogen) atoms. The van der Waals surface area contributed by atoms with Gasteiger partial charge in [0, 0.05) is 30.0 Å². The fraction of sp³-hybridized carbons (Fsp3) is 0.565. The number of hydrogen-bond donors (Lipinski definition) is 4. The summed E-state index contributed by atoms with van der Waals surface area (Å²) in [6, 6.07) is -0.103. The molecule has 1 saturated carbocycles. The number of nitrogens with two attached hydrogens (primary N) is 2. The Morgan fingerprint density at radius 2 is 1.56 bits per heavy atom. The number of nitrogens with zero attached hydrogens (tertiary/aromatic N) is 8. The van der Waals surface area contributed by atoms with Crippen LogP contribution in [0.2, 0.25) is 0 Å². The summed E-state index contributed by atoms with van der Waals surface area (Å²) >= 11 is 9.93. The Kier molecular flexibility index (Phi) is 7.51. The highest BCUT2D eigenvalue weighted by molar-refractivity contribution is 8.44. The van der Waals surface area contributed by atoms with Crippen LogP contribution in [0, 0.1) is 23.7 Å². The quantitative estimate of drug-likeness (QED) is 0.178. The van der Waals surface area contributed by atoms with Crippen molar-refractivity contribution in [1.29, 1.82) is 0 Å². The van der Waals surface area contributed by atoms with Gasteiger partial charge in [0.15, 0.2) is 29.4 Å². The molecule has 2 saturated heterocycles. The SMILES string of the molecule is C[C@@H]1[C@@H]2CP(O)(=S)OC[C@H]3C[C@@H](n4cnc5c(N)ncnc54)[C@@H]3COP(=O)(S)OC[C@H]2O[C@H]1n1cnc2c(N)ncnc21. The van der Waals surface area contributed by atoms with Gasteiger partial charge in [0.25, 0.3) is 0 Å². The van der Waals surface area contributed by atoms with Gasteiger partial charge in [0.2, 0.25) is 0 Å². The van der Waals surface area contributed by atoms with Gasteiger partial charge in [-0.2, -0.15) is 0 Å². The lowest BCUT2D eigenvalue weighted by Crippen LogP contribution is -2.43. The molecule has 0 amide bonds. The van der Waals surface area contributed by atoms with Crippen LogP contribution >= 0.6 is 25.5 Å². The van der Waals surface area contributed by atoms with Crippen LogP contribution in [-0.4, -0.2) is 76.0 Å². The predicted molar refractivity (Wildman–Crippen MR) is 162 cm³/mol. The Bertz CT molecular complexity index is 1790. The first-order valence-corrected chi connectivity index (χ1v) is 19.2. The van der Waals surface area contributed by atoms with Crippen LogP contribution in [0.5, 0.6) is 0 Å². The van der Waals surface area contributed by atoms with Gasteiger partial charge in [-0.05, 0) is 24.1 Å². The normalized spacial score (nSPS) is 37.1. The molecule has 7 rings (SSSR count). The predicted octanol–water partition coefficient (Wildman–Crippen LogP) is 2.56. The summed E-state index contributed by atoms with van der Waals surface area (Å²) < 4.78 is 41.1. The zero-order valence-electron chi connectivity index (χ0n) is 22.9. The van der Waals surface area contributed by atoms with Crippen molar-refractivity contribution in [3.8, 4) is 0 Å². The minimum Gasteiger partial charge on any atom is -0.382 e. The van der Waals surface area contributed by atoms with Gasteiger partial charge in [-0.1, -0.05) is 19.2 Å². The van der Waals surface area contributed by atoms with Gasteiger partial charge in [-0.15, -0.1) is 0 Å². The molecular weight excluding hydrogens is 638 g/mol. The van der Waals surface area contributed by atoms with Gasteiger partial charge in [0.05, 0.1) is 38.6 Å².